The predicted molar refractivity (Wildman–Crippen MR) is 140 cm³/mol. The molecular formula is C27H27BrN2OS. The topological polar surface area (TPSA) is 34.0 Å². The first-order valence-corrected chi connectivity index (χ1v) is 12.7. The average molecular weight is 507 g/mol. The van der Waals surface area contributed by atoms with E-state index in [4.69, 9.17) is 0 Å². The highest BCUT2D eigenvalue weighted by molar-refractivity contribution is 9.10. The van der Waals surface area contributed by atoms with Gasteiger partial charge in [0.2, 0.25) is 5.91 Å². The second kappa shape index (κ2) is 10.9. The van der Waals surface area contributed by atoms with Crippen LogP contribution in [0.2, 0.25) is 0 Å². The summed E-state index contributed by atoms with van der Waals surface area (Å²) in [7, 11) is 0. The van der Waals surface area contributed by atoms with Gasteiger partial charge in [0, 0.05) is 38.7 Å². The van der Waals surface area contributed by atoms with E-state index in [2.05, 4.69) is 99.6 Å². The number of aryl methyl sites for hydroxylation is 1. The lowest BCUT2D eigenvalue weighted by atomic mass is 10.1. The fourth-order valence-corrected chi connectivity index (χ4v) is 4.87. The third-order valence-electron chi connectivity index (χ3n) is 5.43. The Hall–Kier alpha value is -2.50. The Labute approximate surface area is 202 Å². The van der Waals surface area contributed by atoms with Crippen LogP contribution in [0, 0.1) is 0 Å². The number of nitrogens with one attached hydrogen (secondary N) is 1. The summed E-state index contributed by atoms with van der Waals surface area (Å²) in [6.45, 7) is 3.00. The number of amides is 1. The van der Waals surface area contributed by atoms with Crippen molar-refractivity contribution in [3.8, 4) is 0 Å². The lowest BCUT2D eigenvalue weighted by Gasteiger charge is -2.06. The Balaban J connectivity index is 1.41. The van der Waals surface area contributed by atoms with Crippen LogP contribution in [-0.2, 0) is 17.8 Å². The summed E-state index contributed by atoms with van der Waals surface area (Å²) in [5, 5.41) is 4.21. The Morgan fingerprint density at radius 3 is 2.44 bits per heavy atom. The summed E-state index contributed by atoms with van der Waals surface area (Å²) in [5.74, 6) is 0.394. The van der Waals surface area contributed by atoms with Gasteiger partial charge in [0.05, 0.1) is 5.75 Å². The van der Waals surface area contributed by atoms with Crippen LogP contribution in [0.4, 0.5) is 5.69 Å². The van der Waals surface area contributed by atoms with Gasteiger partial charge in [-0.1, -0.05) is 71.7 Å². The molecule has 0 aliphatic rings. The highest BCUT2D eigenvalue weighted by atomic mass is 79.9. The number of hydrogen-bond acceptors (Lipinski definition) is 2. The number of halogens is 1. The zero-order chi connectivity index (χ0) is 22.3. The van der Waals surface area contributed by atoms with E-state index in [0.29, 0.717) is 5.75 Å². The molecule has 1 N–H and O–H groups in total. The van der Waals surface area contributed by atoms with Gasteiger partial charge < -0.3 is 9.88 Å². The average Bonchev–Trinajstić information content (AvgIpc) is 3.16. The van der Waals surface area contributed by atoms with Crippen LogP contribution in [0.1, 0.15) is 30.9 Å². The highest BCUT2D eigenvalue weighted by Crippen LogP contribution is 2.31. The van der Waals surface area contributed by atoms with Crippen LogP contribution in [0.25, 0.3) is 10.9 Å². The number of hydrogen-bond donors (Lipinski definition) is 1. The molecule has 1 amide bonds. The van der Waals surface area contributed by atoms with E-state index in [1.165, 1.54) is 34.9 Å². The molecule has 0 aliphatic heterocycles. The Bertz CT molecular complexity index is 1180. The van der Waals surface area contributed by atoms with E-state index in [9.17, 15) is 4.79 Å². The molecule has 1 heterocycles. The number of para-hydroxylation sites is 1. The fourth-order valence-electron chi connectivity index (χ4n) is 3.72. The van der Waals surface area contributed by atoms with Crippen LogP contribution in [-0.4, -0.2) is 16.2 Å². The van der Waals surface area contributed by atoms with Crippen LogP contribution in [0.5, 0.6) is 0 Å². The number of benzene rings is 3. The Morgan fingerprint density at radius 1 is 0.969 bits per heavy atom. The standard InChI is InChI=1S/C27H27BrN2OS/c1-2-3-6-20-11-15-23(16-12-20)29-27(31)19-32-26-18-30(25-8-5-4-7-24(25)26)17-21-9-13-22(28)14-10-21/h4-5,7-16,18H,2-3,6,17,19H2,1H3,(H,29,31). The molecule has 0 radical (unpaired) electrons. The van der Waals surface area contributed by atoms with Gasteiger partial charge in [0.25, 0.3) is 0 Å². The summed E-state index contributed by atoms with van der Waals surface area (Å²) < 4.78 is 3.34. The van der Waals surface area contributed by atoms with Crippen molar-refractivity contribution >= 4 is 50.2 Å². The fraction of sp³-hybridized carbons (Fsp3) is 0.222. The van der Waals surface area contributed by atoms with Crippen LogP contribution < -0.4 is 5.32 Å². The maximum absolute atomic E-state index is 12.6. The zero-order valence-electron chi connectivity index (χ0n) is 18.2. The van der Waals surface area contributed by atoms with Crippen molar-refractivity contribution in [3.63, 3.8) is 0 Å². The number of rotatable bonds is 9. The van der Waals surface area contributed by atoms with Gasteiger partial charge in [-0.2, -0.15) is 0 Å². The minimum Gasteiger partial charge on any atom is -0.342 e. The summed E-state index contributed by atoms with van der Waals surface area (Å²) in [6, 6.07) is 25.0. The lowest BCUT2D eigenvalue weighted by Crippen LogP contribution is -2.13. The smallest absolute Gasteiger partial charge is 0.234 e. The number of carbonyl (C=O) groups excluding carboxylic acids is 1. The second-order valence-electron chi connectivity index (χ2n) is 7.90. The number of nitrogens with zero attached hydrogens (tertiary/aromatic N) is 1. The quantitative estimate of drug-likeness (QED) is 0.238. The van der Waals surface area contributed by atoms with Gasteiger partial charge >= 0.3 is 0 Å². The summed E-state index contributed by atoms with van der Waals surface area (Å²) in [4.78, 5) is 13.7. The van der Waals surface area contributed by atoms with Gasteiger partial charge in [0.15, 0.2) is 0 Å². The van der Waals surface area contributed by atoms with Gasteiger partial charge in [-0.15, -0.1) is 11.8 Å². The van der Waals surface area contributed by atoms with E-state index in [1.807, 2.05) is 12.1 Å². The molecule has 1 aromatic heterocycles. The molecule has 5 heteroatoms. The van der Waals surface area contributed by atoms with Gasteiger partial charge in [0.1, 0.15) is 0 Å². The minimum atomic E-state index is 0.0149. The van der Waals surface area contributed by atoms with Crippen molar-refractivity contribution in [1.82, 2.24) is 4.57 Å². The molecule has 4 aromatic rings. The molecule has 4 rings (SSSR count). The summed E-state index contributed by atoms with van der Waals surface area (Å²) in [6.07, 6.45) is 5.63. The van der Waals surface area contributed by atoms with Gasteiger partial charge in [-0.25, -0.2) is 0 Å². The number of fused-ring (bicyclic) bond motifs is 1. The molecule has 0 atom stereocenters. The number of carbonyl (C=O) groups is 1. The number of unbranched alkanes of at least 4 members (excludes halogenated alkanes) is 1. The van der Waals surface area contributed by atoms with E-state index < -0.39 is 0 Å². The molecule has 0 fully saturated rings. The Morgan fingerprint density at radius 2 is 1.69 bits per heavy atom. The van der Waals surface area contributed by atoms with Crippen LogP contribution in [0.3, 0.4) is 0 Å². The first-order valence-electron chi connectivity index (χ1n) is 11.0. The Kier molecular flexibility index (Phi) is 7.72. The first kappa shape index (κ1) is 22.7. The number of anilines is 1. The van der Waals surface area contributed by atoms with Crippen LogP contribution >= 0.6 is 27.7 Å². The molecule has 3 nitrogen and oxygen atoms in total. The zero-order valence-corrected chi connectivity index (χ0v) is 20.6. The molecule has 0 aliphatic carbocycles. The third kappa shape index (κ3) is 5.84. The monoisotopic (exact) mass is 506 g/mol. The van der Waals surface area contributed by atoms with Crippen molar-refractivity contribution in [2.45, 2.75) is 37.6 Å². The van der Waals surface area contributed by atoms with E-state index >= 15 is 0 Å². The van der Waals surface area contributed by atoms with E-state index in [1.54, 1.807) is 11.8 Å². The second-order valence-corrected chi connectivity index (χ2v) is 9.84. The van der Waals surface area contributed by atoms with E-state index in [0.717, 1.165) is 28.0 Å². The minimum absolute atomic E-state index is 0.0149. The first-order chi connectivity index (χ1) is 15.6. The summed E-state index contributed by atoms with van der Waals surface area (Å²) in [5.41, 5.74) is 4.60. The molecule has 3 aromatic carbocycles. The number of thioether (sulfide) groups is 1. The molecule has 0 spiro atoms. The third-order valence-corrected chi connectivity index (χ3v) is 7.01. The van der Waals surface area contributed by atoms with Gasteiger partial charge in [-0.3, -0.25) is 4.79 Å². The van der Waals surface area contributed by atoms with Crippen molar-refractivity contribution in [3.05, 3.63) is 94.6 Å². The molecule has 0 unspecified atom stereocenters. The van der Waals surface area contributed by atoms with Crippen LogP contribution in [0.15, 0.2) is 88.4 Å². The maximum Gasteiger partial charge on any atom is 0.234 e. The lowest BCUT2D eigenvalue weighted by molar-refractivity contribution is -0.113. The van der Waals surface area contributed by atoms with Crippen molar-refractivity contribution in [2.75, 3.05) is 11.1 Å². The molecule has 32 heavy (non-hydrogen) atoms. The number of aromatic nitrogens is 1. The predicted octanol–water partition coefficient (Wildman–Crippen LogP) is 7.53. The molecule has 0 saturated heterocycles. The molecule has 0 bridgehead atoms. The normalized spacial score (nSPS) is 11.1. The van der Waals surface area contributed by atoms with E-state index in [-0.39, 0.29) is 5.91 Å². The van der Waals surface area contributed by atoms with Crippen molar-refractivity contribution in [1.29, 1.82) is 0 Å². The SMILES string of the molecule is CCCCc1ccc(NC(=O)CSc2cn(Cc3ccc(Br)cc3)c3ccccc23)cc1. The molecular weight excluding hydrogens is 480 g/mol. The maximum atomic E-state index is 12.6. The van der Waals surface area contributed by atoms with Gasteiger partial charge in [-0.05, 0) is 54.3 Å². The largest absolute Gasteiger partial charge is 0.342 e. The van der Waals surface area contributed by atoms with Crippen molar-refractivity contribution < 1.29 is 4.79 Å². The molecule has 0 saturated carbocycles. The van der Waals surface area contributed by atoms with Crippen molar-refractivity contribution in [2.24, 2.45) is 0 Å². The molecule has 164 valence electrons. The summed E-state index contributed by atoms with van der Waals surface area (Å²) >= 11 is 5.08. The highest BCUT2D eigenvalue weighted by Gasteiger charge is 2.11.